The van der Waals surface area contributed by atoms with Crippen molar-refractivity contribution in [3.63, 3.8) is 0 Å². The Kier molecular flexibility index (Phi) is 4.16. The molecule has 0 aromatic heterocycles. The van der Waals surface area contributed by atoms with Gasteiger partial charge in [0, 0.05) is 6.54 Å². The van der Waals surface area contributed by atoms with Crippen LogP contribution in [0.5, 0.6) is 0 Å². The van der Waals surface area contributed by atoms with Crippen molar-refractivity contribution in [2.75, 3.05) is 0 Å². The highest BCUT2D eigenvalue weighted by Gasteiger charge is 2.07. The van der Waals surface area contributed by atoms with Crippen molar-refractivity contribution in [1.82, 2.24) is 5.32 Å². The molecule has 0 aliphatic carbocycles. The molecule has 0 atom stereocenters. The van der Waals surface area contributed by atoms with Crippen LogP contribution in [0.4, 0.5) is 4.79 Å². The minimum Gasteiger partial charge on any atom is -0.465 e. The normalized spacial score (nSPS) is 10.2. The largest absolute Gasteiger partial charge is 0.465 e. The first-order valence-electron chi connectivity index (χ1n) is 4.02. The molecular weight excluding hydrogens is 218 g/mol. The second kappa shape index (κ2) is 5.17. The average molecular weight is 229 g/mol. The third-order valence-electron chi connectivity index (χ3n) is 1.76. The smallest absolute Gasteiger partial charge is 0.404 e. The minimum absolute atomic E-state index is 0.193. The Morgan fingerprint density at radius 2 is 2.07 bits per heavy atom. The van der Waals surface area contributed by atoms with Crippen LogP contribution in [0.25, 0.3) is 0 Å². The zero-order valence-electron chi connectivity index (χ0n) is 7.34. The molecule has 0 aliphatic rings. The van der Waals surface area contributed by atoms with Crippen LogP contribution in [0, 0.1) is 0 Å². The van der Waals surface area contributed by atoms with Gasteiger partial charge in [-0.3, -0.25) is 0 Å². The maximum atomic E-state index is 10.3. The van der Waals surface area contributed by atoms with Crippen LogP contribution in [0.1, 0.15) is 15.7 Å². The maximum Gasteiger partial charge on any atom is 0.404 e. The predicted octanol–water partition coefficient (Wildman–Crippen LogP) is 2.31. The highest BCUT2D eigenvalue weighted by Crippen LogP contribution is 2.26. The van der Waals surface area contributed by atoms with Gasteiger partial charge >= 0.3 is 6.09 Å². The summed E-state index contributed by atoms with van der Waals surface area (Å²) in [5.41, 5.74) is 1.82. The summed E-state index contributed by atoms with van der Waals surface area (Å²) in [6.07, 6.45) is -1.03. The molecule has 0 unspecified atom stereocenters. The molecule has 1 aromatic rings. The fraction of sp³-hybridized carbons (Fsp3) is 0.222. The van der Waals surface area contributed by atoms with Crippen molar-refractivity contribution in [3.05, 3.63) is 35.4 Å². The molecule has 76 valence electrons. The molecule has 1 rings (SSSR count). The van der Waals surface area contributed by atoms with Crippen LogP contribution >= 0.6 is 25.3 Å². The van der Waals surface area contributed by atoms with Gasteiger partial charge in [-0.05, 0) is 11.1 Å². The van der Waals surface area contributed by atoms with Gasteiger partial charge in [0.1, 0.15) is 0 Å². The molecule has 0 bridgehead atoms. The summed E-state index contributed by atoms with van der Waals surface area (Å²) < 4.78 is -0.193. The summed E-state index contributed by atoms with van der Waals surface area (Å²) >= 11 is 8.38. The summed E-state index contributed by atoms with van der Waals surface area (Å²) in [5.74, 6) is 0. The standard InChI is InChI=1S/C9H11NO2S2/c11-9(12)10-5-6-3-1-2-4-7(6)8(13)14/h1-4,8,10,13-14H,5H2,(H,11,12). The maximum absolute atomic E-state index is 10.3. The van der Waals surface area contributed by atoms with Gasteiger partial charge in [0.15, 0.2) is 0 Å². The number of nitrogens with one attached hydrogen (secondary N) is 1. The number of amides is 1. The predicted molar refractivity (Wildman–Crippen MR) is 62.0 cm³/mol. The first kappa shape index (κ1) is 11.3. The average Bonchev–Trinajstić information content (AvgIpc) is 2.15. The molecule has 0 fully saturated rings. The summed E-state index contributed by atoms with van der Waals surface area (Å²) in [4.78, 5) is 10.3. The van der Waals surface area contributed by atoms with Crippen LogP contribution in [-0.4, -0.2) is 11.2 Å². The lowest BCUT2D eigenvalue weighted by atomic mass is 10.1. The fourth-order valence-corrected chi connectivity index (χ4v) is 1.62. The van der Waals surface area contributed by atoms with E-state index in [0.29, 0.717) is 0 Å². The molecule has 5 heteroatoms. The van der Waals surface area contributed by atoms with E-state index < -0.39 is 6.09 Å². The zero-order chi connectivity index (χ0) is 10.6. The lowest BCUT2D eigenvalue weighted by Gasteiger charge is -2.10. The molecule has 1 amide bonds. The topological polar surface area (TPSA) is 49.3 Å². The highest BCUT2D eigenvalue weighted by molar-refractivity contribution is 7.98. The van der Waals surface area contributed by atoms with Crippen molar-refractivity contribution in [1.29, 1.82) is 0 Å². The molecule has 0 aliphatic heterocycles. The van der Waals surface area contributed by atoms with Crippen molar-refractivity contribution in [3.8, 4) is 0 Å². The summed E-state index contributed by atoms with van der Waals surface area (Å²) in [6, 6.07) is 7.46. The van der Waals surface area contributed by atoms with Crippen molar-refractivity contribution < 1.29 is 9.90 Å². The first-order chi connectivity index (χ1) is 6.61. The van der Waals surface area contributed by atoms with Crippen molar-refractivity contribution >= 4 is 31.4 Å². The quantitative estimate of drug-likeness (QED) is 0.475. The van der Waals surface area contributed by atoms with Gasteiger partial charge in [-0.1, -0.05) is 24.3 Å². The summed E-state index contributed by atoms with van der Waals surface area (Å²) in [5, 5.41) is 10.8. The van der Waals surface area contributed by atoms with E-state index in [0.717, 1.165) is 11.1 Å². The van der Waals surface area contributed by atoms with E-state index in [1.165, 1.54) is 0 Å². The number of thiol groups is 2. The molecular formula is C9H11NO2S2. The van der Waals surface area contributed by atoms with E-state index >= 15 is 0 Å². The second-order valence-corrected chi connectivity index (χ2v) is 4.17. The van der Waals surface area contributed by atoms with E-state index in [4.69, 9.17) is 5.11 Å². The lowest BCUT2D eigenvalue weighted by Crippen LogP contribution is -2.20. The van der Waals surface area contributed by atoms with Gasteiger partial charge in [-0.2, -0.15) is 25.3 Å². The number of carboxylic acid groups (broad SMARTS) is 1. The van der Waals surface area contributed by atoms with Crippen LogP contribution in [0.2, 0.25) is 0 Å². The Bertz CT molecular complexity index is 328. The molecule has 0 saturated heterocycles. The number of rotatable bonds is 3. The van der Waals surface area contributed by atoms with Crippen molar-refractivity contribution in [2.24, 2.45) is 0 Å². The Balaban J connectivity index is 2.79. The third-order valence-corrected chi connectivity index (χ3v) is 2.32. The Hall–Kier alpha value is -0.810. The minimum atomic E-state index is -1.03. The molecule has 1 aromatic carbocycles. The monoisotopic (exact) mass is 229 g/mol. The Labute approximate surface area is 93.3 Å². The molecule has 0 saturated carbocycles. The van der Waals surface area contributed by atoms with E-state index in [9.17, 15) is 4.79 Å². The first-order valence-corrected chi connectivity index (χ1v) is 5.05. The second-order valence-electron chi connectivity index (χ2n) is 2.73. The zero-order valence-corrected chi connectivity index (χ0v) is 9.13. The molecule has 2 N–H and O–H groups in total. The summed E-state index contributed by atoms with van der Waals surface area (Å²) in [7, 11) is 0. The number of carbonyl (C=O) groups is 1. The van der Waals surface area contributed by atoms with Gasteiger partial charge in [-0.25, -0.2) is 4.79 Å². The molecule has 3 nitrogen and oxygen atoms in total. The van der Waals surface area contributed by atoms with Crippen LogP contribution in [0.15, 0.2) is 24.3 Å². The lowest BCUT2D eigenvalue weighted by molar-refractivity contribution is 0.194. The van der Waals surface area contributed by atoms with Gasteiger partial charge in [0.05, 0.1) is 4.58 Å². The number of hydrogen-bond donors (Lipinski definition) is 4. The van der Waals surface area contributed by atoms with Crippen LogP contribution < -0.4 is 5.32 Å². The molecule has 14 heavy (non-hydrogen) atoms. The van der Waals surface area contributed by atoms with E-state index in [2.05, 4.69) is 30.6 Å². The molecule has 0 spiro atoms. The Morgan fingerprint density at radius 3 is 2.64 bits per heavy atom. The third kappa shape index (κ3) is 3.16. The number of benzene rings is 1. The van der Waals surface area contributed by atoms with Gasteiger partial charge in [0.25, 0.3) is 0 Å². The van der Waals surface area contributed by atoms with Crippen molar-refractivity contribution in [2.45, 2.75) is 11.1 Å². The number of hydrogen-bond acceptors (Lipinski definition) is 3. The van der Waals surface area contributed by atoms with E-state index in [1.54, 1.807) is 0 Å². The molecule has 0 heterocycles. The van der Waals surface area contributed by atoms with Gasteiger partial charge < -0.3 is 10.4 Å². The van der Waals surface area contributed by atoms with Gasteiger partial charge in [0.2, 0.25) is 0 Å². The van der Waals surface area contributed by atoms with Gasteiger partial charge in [-0.15, -0.1) is 0 Å². The highest BCUT2D eigenvalue weighted by atomic mass is 32.2. The van der Waals surface area contributed by atoms with E-state index in [-0.39, 0.29) is 11.1 Å². The summed E-state index contributed by atoms with van der Waals surface area (Å²) in [6.45, 7) is 0.281. The van der Waals surface area contributed by atoms with Crippen LogP contribution in [-0.2, 0) is 6.54 Å². The SMILES string of the molecule is O=C(O)NCc1ccccc1C(S)S. The van der Waals surface area contributed by atoms with E-state index in [1.807, 2.05) is 24.3 Å². The Morgan fingerprint density at radius 1 is 1.43 bits per heavy atom. The molecule has 0 radical (unpaired) electrons. The fourth-order valence-electron chi connectivity index (χ4n) is 1.12. The van der Waals surface area contributed by atoms with Crippen LogP contribution in [0.3, 0.4) is 0 Å².